The number of fused-ring (bicyclic) bond motifs is 3. The number of nitrogens with zero attached hydrogens (tertiary/aromatic N) is 2. The molecule has 1 spiro atoms. The summed E-state index contributed by atoms with van der Waals surface area (Å²) in [5.41, 5.74) is 0.432. The highest BCUT2D eigenvalue weighted by molar-refractivity contribution is 5.61. The first-order valence-corrected chi connectivity index (χ1v) is 7.33. The average molecular weight is 284 g/mol. The molecule has 0 aliphatic heterocycles. The Morgan fingerprint density at radius 3 is 2.40 bits per heavy atom. The first-order valence-electron chi connectivity index (χ1n) is 7.33. The van der Waals surface area contributed by atoms with E-state index in [2.05, 4.69) is 18.9 Å². The maximum absolute atomic E-state index is 13.4. The van der Waals surface area contributed by atoms with E-state index in [0.717, 1.165) is 18.5 Å². The Kier molecular flexibility index (Phi) is 1.88. The van der Waals surface area contributed by atoms with Gasteiger partial charge >= 0.3 is 6.18 Å². The van der Waals surface area contributed by atoms with Crippen molar-refractivity contribution in [3.8, 4) is 0 Å². The smallest absolute Gasteiger partial charge is 0.269 e. The molecule has 2 nitrogen and oxygen atoms in total. The van der Waals surface area contributed by atoms with Crippen molar-refractivity contribution in [2.45, 2.75) is 64.6 Å². The number of rotatable bonds is 1. The summed E-state index contributed by atoms with van der Waals surface area (Å²) in [6, 6.07) is 0. The van der Waals surface area contributed by atoms with Gasteiger partial charge in [-0.1, -0.05) is 20.8 Å². The monoisotopic (exact) mass is 284 g/mol. The van der Waals surface area contributed by atoms with Crippen LogP contribution in [-0.4, -0.2) is 9.78 Å². The number of hydrogen-bond acceptors (Lipinski definition) is 1. The quantitative estimate of drug-likeness (QED) is 0.759. The third kappa shape index (κ3) is 0.888. The van der Waals surface area contributed by atoms with Crippen molar-refractivity contribution in [3.63, 3.8) is 0 Å². The van der Waals surface area contributed by atoms with Crippen LogP contribution < -0.4 is 0 Å². The summed E-state index contributed by atoms with van der Waals surface area (Å²) in [5.74, 6) is 0.279. The number of alkyl halides is 3. The topological polar surface area (TPSA) is 17.8 Å². The molecule has 0 saturated heterocycles. The third-order valence-electron chi connectivity index (χ3n) is 7.01. The zero-order chi connectivity index (χ0) is 14.7. The van der Waals surface area contributed by atoms with Crippen LogP contribution in [0.3, 0.4) is 0 Å². The normalized spacial score (nSPS) is 39.9. The fraction of sp³-hybridized carbons (Fsp3) is 0.800. The molecule has 3 atom stereocenters. The molecule has 0 N–H and O–H groups in total. The Morgan fingerprint density at radius 1 is 1.30 bits per heavy atom. The molecule has 3 unspecified atom stereocenters. The lowest BCUT2D eigenvalue weighted by molar-refractivity contribution is -0.142. The van der Waals surface area contributed by atoms with Crippen LogP contribution in [0, 0.1) is 10.8 Å². The first-order chi connectivity index (χ1) is 9.14. The molecule has 3 aliphatic carbocycles. The molecule has 3 aliphatic rings. The van der Waals surface area contributed by atoms with Crippen LogP contribution in [-0.2, 0) is 18.1 Å². The molecular formula is C15H19F3N2. The predicted octanol–water partition coefficient (Wildman–Crippen LogP) is 4.10. The Bertz CT molecular complexity index is 628. The Labute approximate surface area is 116 Å². The average Bonchev–Trinajstić information content (AvgIpc) is 2.58. The summed E-state index contributed by atoms with van der Waals surface area (Å²) in [6.07, 6.45) is -2.29. The number of aromatic nitrogens is 2. The van der Waals surface area contributed by atoms with Crippen LogP contribution in [0.15, 0.2) is 0 Å². The summed E-state index contributed by atoms with van der Waals surface area (Å²) in [7, 11) is 0. The van der Waals surface area contributed by atoms with Crippen molar-refractivity contribution >= 4 is 0 Å². The van der Waals surface area contributed by atoms with Crippen molar-refractivity contribution in [2.75, 3.05) is 0 Å². The minimum atomic E-state index is -4.35. The third-order valence-corrected chi connectivity index (χ3v) is 7.01. The minimum Gasteiger partial charge on any atom is -0.269 e. The molecular weight excluding hydrogens is 265 g/mol. The number of hydrogen-bond donors (Lipinski definition) is 0. The molecule has 0 bridgehead atoms. The highest BCUT2D eigenvalue weighted by Gasteiger charge is 2.90. The molecule has 4 rings (SSSR count). The summed E-state index contributed by atoms with van der Waals surface area (Å²) in [6.45, 7) is 8.68. The first kappa shape index (κ1) is 12.7. The summed E-state index contributed by atoms with van der Waals surface area (Å²) in [5, 5.41) is 3.92. The summed E-state index contributed by atoms with van der Waals surface area (Å²) < 4.78 is 41.8. The van der Waals surface area contributed by atoms with E-state index in [4.69, 9.17) is 0 Å². The minimum absolute atomic E-state index is 0.0441. The van der Waals surface area contributed by atoms with Crippen molar-refractivity contribution < 1.29 is 13.2 Å². The molecule has 2 fully saturated rings. The molecule has 0 aromatic carbocycles. The Morgan fingerprint density at radius 2 is 1.95 bits per heavy atom. The van der Waals surface area contributed by atoms with Crippen molar-refractivity contribution in [1.29, 1.82) is 0 Å². The molecule has 5 heteroatoms. The standard InChI is InChI=1S/C15H19F3N2/c1-5-20-10-8-6-7-14(8)12(2,3)13(14,4)9(10)11(19-20)15(16,17)18/h8H,5-7H2,1-4H3. The van der Waals surface area contributed by atoms with Gasteiger partial charge in [0.25, 0.3) is 0 Å². The largest absolute Gasteiger partial charge is 0.435 e. The molecule has 1 heterocycles. The molecule has 110 valence electrons. The van der Waals surface area contributed by atoms with Gasteiger partial charge in [0.15, 0.2) is 5.69 Å². The molecule has 1 aromatic rings. The van der Waals surface area contributed by atoms with E-state index in [-0.39, 0.29) is 22.2 Å². The highest BCUT2D eigenvalue weighted by Crippen LogP contribution is 2.93. The maximum Gasteiger partial charge on any atom is 0.435 e. The van der Waals surface area contributed by atoms with Gasteiger partial charge in [-0.05, 0) is 30.6 Å². The molecule has 20 heavy (non-hydrogen) atoms. The zero-order valence-electron chi connectivity index (χ0n) is 12.2. The van der Waals surface area contributed by atoms with Crippen LogP contribution in [0.4, 0.5) is 13.2 Å². The van der Waals surface area contributed by atoms with E-state index < -0.39 is 11.9 Å². The number of halogens is 3. The van der Waals surface area contributed by atoms with Gasteiger partial charge in [0.05, 0.1) is 0 Å². The molecule has 0 amide bonds. The van der Waals surface area contributed by atoms with E-state index in [1.165, 1.54) is 0 Å². The van der Waals surface area contributed by atoms with E-state index in [9.17, 15) is 13.2 Å². The second kappa shape index (κ2) is 2.95. The van der Waals surface area contributed by atoms with E-state index in [1.54, 1.807) is 4.68 Å². The van der Waals surface area contributed by atoms with Crippen LogP contribution in [0.2, 0.25) is 0 Å². The summed E-state index contributed by atoms with van der Waals surface area (Å²) >= 11 is 0. The fourth-order valence-electron chi connectivity index (χ4n) is 5.83. The van der Waals surface area contributed by atoms with E-state index in [0.29, 0.717) is 12.1 Å². The van der Waals surface area contributed by atoms with Gasteiger partial charge in [-0.2, -0.15) is 18.3 Å². The van der Waals surface area contributed by atoms with Crippen molar-refractivity contribution in [2.24, 2.45) is 10.8 Å². The van der Waals surface area contributed by atoms with Crippen LogP contribution in [0.25, 0.3) is 0 Å². The maximum atomic E-state index is 13.4. The lowest BCUT2D eigenvalue weighted by atomic mass is 9.66. The molecule has 2 saturated carbocycles. The van der Waals surface area contributed by atoms with Crippen molar-refractivity contribution in [1.82, 2.24) is 9.78 Å². The predicted molar refractivity (Wildman–Crippen MR) is 68.4 cm³/mol. The lowest BCUT2D eigenvalue weighted by Gasteiger charge is -2.39. The lowest BCUT2D eigenvalue weighted by Crippen LogP contribution is -2.30. The second-order valence-electron chi connectivity index (χ2n) is 7.23. The van der Waals surface area contributed by atoms with Crippen LogP contribution in [0.5, 0.6) is 0 Å². The Balaban J connectivity index is 2.03. The van der Waals surface area contributed by atoms with Gasteiger partial charge < -0.3 is 0 Å². The van der Waals surface area contributed by atoms with Gasteiger partial charge in [0, 0.05) is 29.1 Å². The summed E-state index contributed by atoms with van der Waals surface area (Å²) in [4.78, 5) is 0. The SMILES string of the molecule is CCn1nc(C(F)(F)F)c2c1C1CCC13C(C)(C)C23C. The molecule has 1 aromatic heterocycles. The van der Waals surface area contributed by atoms with Crippen LogP contribution >= 0.6 is 0 Å². The van der Waals surface area contributed by atoms with Gasteiger partial charge in [-0.25, -0.2) is 0 Å². The number of aryl methyl sites for hydroxylation is 1. The fourth-order valence-corrected chi connectivity index (χ4v) is 5.83. The zero-order valence-corrected chi connectivity index (χ0v) is 12.2. The van der Waals surface area contributed by atoms with Gasteiger partial charge in [0.2, 0.25) is 0 Å². The van der Waals surface area contributed by atoms with Crippen molar-refractivity contribution in [3.05, 3.63) is 17.0 Å². The highest BCUT2D eigenvalue weighted by atomic mass is 19.4. The van der Waals surface area contributed by atoms with Gasteiger partial charge in [0.1, 0.15) is 0 Å². The second-order valence-corrected chi connectivity index (χ2v) is 7.23. The molecule has 0 radical (unpaired) electrons. The van der Waals surface area contributed by atoms with Crippen LogP contribution in [0.1, 0.15) is 63.4 Å². The van der Waals surface area contributed by atoms with Gasteiger partial charge in [-0.3, -0.25) is 4.68 Å². The van der Waals surface area contributed by atoms with Gasteiger partial charge in [-0.15, -0.1) is 0 Å². The Hall–Kier alpha value is -1.00. The van der Waals surface area contributed by atoms with E-state index >= 15 is 0 Å². The van der Waals surface area contributed by atoms with E-state index in [1.807, 2.05) is 13.8 Å².